The zero-order valence-corrected chi connectivity index (χ0v) is 33.1. The molecule has 0 aromatic heterocycles. The maximum atomic E-state index is 10.6. The Morgan fingerprint density at radius 2 is 0.520 bits per heavy atom. The van der Waals surface area contributed by atoms with Gasteiger partial charge in [-0.1, -0.05) is 136 Å². The van der Waals surface area contributed by atoms with Crippen molar-refractivity contribution in [1.82, 2.24) is 0 Å². The molecule has 0 aliphatic carbocycles. The van der Waals surface area contributed by atoms with Gasteiger partial charge in [0, 0.05) is 53.6 Å². The van der Waals surface area contributed by atoms with Crippen molar-refractivity contribution >= 4 is 70.5 Å². The number of unbranched alkanes of at least 4 members (excludes halogenated alkanes) is 15. The van der Waals surface area contributed by atoms with E-state index in [0.29, 0.717) is 19.3 Å². The summed E-state index contributed by atoms with van der Waals surface area (Å²) in [6, 6.07) is 0. The minimum atomic E-state index is -1.32. The van der Waals surface area contributed by atoms with Gasteiger partial charge in [-0.3, -0.25) is 0 Å². The van der Waals surface area contributed by atoms with Gasteiger partial charge in [0.2, 0.25) is 0 Å². The summed E-state index contributed by atoms with van der Waals surface area (Å²) >= 11 is 0. The first-order valence-electron chi connectivity index (χ1n) is 17.9. The van der Waals surface area contributed by atoms with Crippen LogP contribution in [0.15, 0.2) is 0 Å². The molecule has 3 unspecified atom stereocenters. The summed E-state index contributed by atoms with van der Waals surface area (Å²) in [6.45, 7) is 6.39. The molecule has 14 heteroatoms. The van der Waals surface area contributed by atoms with Crippen molar-refractivity contribution in [3.05, 3.63) is 0 Å². The summed E-state index contributed by atoms with van der Waals surface area (Å²) in [5, 5.41) is 62.7. The van der Waals surface area contributed by atoms with E-state index >= 15 is 0 Å². The van der Waals surface area contributed by atoms with E-state index in [-0.39, 0.29) is 34.7 Å². The summed E-state index contributed by atoms with van der Waals surface area (Å²) in [5.74, 6) is -10.5. The number of aliphatic carboxylic acids is 6. The second-order valence-corrected chi connectivity index (χ2v) is 12.4. The number of rotatable bonds is 30. The second-order valence-electron chi connectivity index (χ2n) is 12.4. The van der Waals surface area contributed by atoms with Gasteiger partial charge in [0.1, 0.15) is 0 Å². The SMILES string of the molecule is CCCCCCCCC(CC(=O)[O-])C(=O)[O-].CCCCCCCCC(CC(=O)[O-])C(=O)[O-].CCCCCCCCC(CC(=O)[O-])C(=O)[O-].[Al+3].[Al+3]. The van der Waals surface area contributed by atoms with Gasteiger partial charge in [-0.2, -0.15) is 0 Å². The number of carboxylic acid groups (broad SMARTS) is 6. The molecule has 0 bridgehead atoms. The van der Waals surface area contributed by atoms with E-state index < -0.39 is 72.8 Å². The van der Waals surface area contributed by atoms with Crippen LogP contribution in [0.3, 0.4) is 0 Å². The van der Waals surface area contributed by atoms with Crippen LogP contribution in [-0.4, -0.2) is 70.5 Å². The fraction of sp³-hybridized carbons (Fsp3) is 0.833. The molecule has 50 heavy (non-hydrogen) atoms. The van der Waals surface area contributed by atoms with Crippen LogP contribution in [0.1, 0.15) is 175 Å². The van der Waals surface area contributed by atoms with Crippen LogP contribution >= 0.6 is 0 Å². The maximum Gasteiger partial charge on any atom is 3.00 e. The Bertz CT molecular complexity index is 761. The second kappa shape index (κ2) is 41.3. The van der Waals surface area contributed by atoms with E-state index in [1.54, 1.807) is 0 Å². The van der Waals surface area contributed by atoms with Crippen LogP contribution in [0.2, 0.25) is 0 Å². The van der Waals surface area contributed by atoms with Gasteiger partial charge in [-0.05, 0) is 38.5 Å². The molecule has 0 spiro atoms. The van der Waals surface area contributed by atoms with E-state index in [9.17, 15) is 59.4 Å². The molecule has 0 amide bonds. The van der Waals surface area contributed by atoms with Gasteiger partial charge in [0.05, 0.1) is 0 Å². The van der Waals surface area contributed by atoms with Crippen molar-refractivity contribution in [2.45, 2.75) is 175 Å². The predicted octanol–water partition coefficient (Wildman–Crippen LogP) is -0.0323. The topological polar surface area (TPSA) is 241 Å². The number of hydrogen-bond acceptors (Lipinski definition) is 12. The van der Waals surface area contributed by atoms with Crippen molar-refractivity contribution in [2.24, 2.45) is 17.8 Å². The Balaban J connectivity index is -0.000000199. The van der Waals surface area contributed by atoms with Crippen molar-refractivity contribution in [1.29, 1.82) is 0 Å². The molecule has 0 saturated heterocycles. The maximum absolute atomic E-state index is 10.6. The molecule has 0 saturated carbocycles. The predicted molar refractivity (Wildman–Crippen MR) is 180 cm³/mol. The van der Waals surface area contributed by atoms with Gasteiger partial charge in [0.25, 0.3) is 0 Å². The van der Waals surface area contributed by atoms with Crippen molar-refractivity contribution in [3.8, 4) is 0 Å². The summed E-state index contributed by atoms with van der Waals surface area (Å²) in [6.07, 6.45) is 18.8. The van der Waals surface area contributed by atoms with Crippen LogP contribution in [0.4, 0.5) is 0 Å². The normalized spacial score (nSPS) is 11.8. The molecule has 0 aliphatic rings. The standard InChI is InChI=1S/3C12H22O4.2Al/c3*1-2-3-4-5-6-7-8-10(12(15)16)9-11(13)14;;/h3*10H,2-9H2,1H3,(H,13,14)(H,15,16);;/q;;;2*+3/p-6. The van der Waals surface area contributed by atoms with Gasteiger partial charge in [-0.25, -0.2) is 0 Å². The summed E-state index contributed by atoms with van der Waals surface area (Å²) < 4.78 is 0. The number of hydrogen-bond donors (Lipinski definition) is 0. The molecule has 0 fully saturated rings. The van der Waals surface area contributed by atoms with Crippen molar-refractivity contribution < 1.29 is 59.4 Å². The largest absolute Gasteiger partial charge is 3.00 e. The Hall–Kier alpha value is -2.12. The fourth-order valence-electron chi connectivity index (χ4n) is 5.03. The van der Waals surface area contributed by atoms with Gasteiger partial charge >= 0.3 is 34.7 Å². The minimum absolute atomic E-state index is 0. The molecule has 0 heterocycles. The van der Waals surface area contributed by atoms with Gasteiger partial charge in [0.15, 0.2) is 0 Å². The third kappa shape index (κ3) is 43.9. The molecule has 0 aliphatic heterocycles. The molecule has 0 N–H and O–H groups in total. The molecular weight excluding hydrogens is 678 g/mol. The first-order chi connectivity index (χ1) is 22.7. The monoisotopic (exact) mass is 738 g/mol. The molecule has 0 aromatic rings. The van der Waals surface area contributed by atoms with E-state index in [0.717, 1.165) is 77.0 Å². The van der Waals surface area contributed by atoms with Crippen LogP contribution in [-0.2, 0) is 28.8 Å². The first kappa shape index (κ1) is 57.2. The van der Waals surface area contributed by atoms with Crippen LogP contribution in [0.25, 0.3) is 0 Å². The molecule has 0 rings (SSSR count). The zero-order valence-electron chi connectivity index (χ0n) is 30.8. The van der Waals surface area contributed by atoms with Crippen LogP contribution < -0.4 is 30.6 Å². The van der Waals surface area contributed by atoms with E-state index in [2.05, 4.69) is 20.8 Å². The quantitative estimate of drug-likeness (QED) is 0.0697. The Morgan fingerprint density at radius 1 is 0.340 bits per heavy atom. The third-order valence-electron chi connectivity index (χ3n) is 7.96. The molecule has 282 valence electrons. The third-order valence-corrected chi connectivity index (χ3v) is 7.96. The van der Waals surface area contributed by atoms with Crippen LogP contribution in [0, 0.1) is 17.8 Å². The smallest absolute Gasteiger partial charge is 0.550 e. The first-order valence-corrected chi connectivity index (χ1v) is 17.9. The van der Waals surface area contributed by atoms with E-state index in [1.165, 1.54) is 38.5 Å². The Kier molecular flexibility index (Phi) is 47.3. The summed E-state index contributed by atoms with van der Waals surface area (Å²) in [4.78, 5) is 62.7. The van der Waals surface area contributed by atoms with Gasteiger partial charge in [-0.15, -0.1) is 0 Å². The molecule has 3 atom stereocenters. The molecule has 0 radical (unpaired) electrons. The summed E-state index contributed by atoms with van der Waals surface area (Å²) in [7, 11) is 0. The molecule has 0 aromatic carbocycles. The number of carbonyl (C=O) groups is 6. The summed E-state index contributed by atoms with van der Waals surface area (Å²) in [5.41, 5.74) is 0. The van der Waals surface area contributed by atoms with E-state index in [1.807, 2.05) is 0 Å². The van der Waals surface area contributed by atoms with E-state index in [4.69, 9.17) is 0 Å². The average Bonchev–Trinajstić information content (AvgIpc) is 3.00. The zero-order chi connectivity index (χ0) is 37.2. The fourth-order valence-corrected chi connectivity index (χ4v) is 5.03. The Morgan fingerprint density at radius 3 is 0.680 bits per heavy atom. The van der Waals surface area contributed by atoms with Gasteiger partial charge < -0.3 is 59.4 Å². The van der Waals surface area contributed by atoms with Crippen molar-refractivity contribution in [2.75, 3.05) is 0 Å². The number of carboxylic acids is 6. The minimum Gasteiger partial charge on any atom is -0.550 e. The Labute approximate surface area is 321 Å². The molecular formula is C36H60Al2O12. The van der Waals surface area contributed by atoms with Crippen molar-refractivity contribution in [3.63, 3.8) is 0 Å². The average molecular weight is 739 g/mol. The molecule has 12 nitrogen and oxygen atoms in total. The number of carbonyl (C=O) groups excluding carboxylic acids is 6. The van der Waals surface area contributed by atoms with Crippen LogP contribution in [0.5, 0.6) is 0 Å².